The predicted molar refractivity (Wildman–Crippen MR) is 92.1 cm³/mol. The summed E-state index contributed by atoms with van der Waals surface area (Å²) >= 11 is 0. The van der Waals surface area contributed by atoms with Crippen molar-refractivity contribution in [2.45, 2.75) is 46.7 Å². The molecular formula is C18H32N2O. The molecule has 1 aromatic rings. The molecule has 0 saturated carbocycles. The Kier molecular flexibility index (Phi) is 7.76. The van der Waals surface area contributed by atoms with Gasteiger partial charge in [0.05, 0.1) is 6.61 Å². The molecule has 0 bridgehead atoms. The van der Waals surface area contributed by atoms with Gasteiger partial charge in [-0.3, -0.25) is 0 Å². The number of anilines is 1. The first-order chi connectivity index (χ1) is 9.95. The van der Waals surface area contributed by atoms with Gasteiger partial charge in [-0.05, 0) is 43.4 Å². The average Bonchev–Trinajstić information content (AvgIpc) is 2.42. The molecule has 1 rings (SSSR count). The fourth-order valence-electron chi connectivity index (χ4n) is 2.71. The molecule has 0 heterocycles. The quantitative estimate of drug-likeness (QED) is 0.704. The van der Waals surface area contributed by atoms with Gasteiger partial charge in [0.15, 0.2) is 0 Å². The summed E-state index contributed by atoms with van der Waals surface area (Å²) in [5, 5.41) is 3.39. The Hall–Kier alpha value is -1.06. The lowest BCUT2D eigenvalue weighted by Crippen LogP contribution is -2.30. The zero-order valence-electron chi connectivity index (χ0n) is 14.6. The summed E-state index contributed by atoms with van der Waals surface area (Å²) in [7, 11) is 3.93. The van der Waals surface area contributed by atoms with Crippen LogP contribution < -0.4 is 10.2 Å². The van der Waals surface area contributed by atoms with Crippen LogP contribution in [0.3, 0.4) is 0 Å². The lowest BCUT2D eigenvalue weighted by molar-refractivity contribution is 0.199. The highest BCUT2D eigenvalue weighted by Crippen LogP contribution is 2.24. The molecule has 1 N–H and O–H groups in total. The molecule has 21 heavy (non-hydrogen) atoms. The van der Waals surface area contributed by atoms with Crippen molar-refractivity contribution in [2.24, 2.45) is 5.92 Å². The molecule has 0 aliphatic carbocycles. The third kappa shape index (κ3) is 6.06. The van der Waals surface area contributed by atoms with E-state index in [2.05, 4.69) is 63.2 Å². The number of nitrogens with one attached hydrogen (secondary N) is 1. The number of aryl methyl sites for hydroxylation is 1. The van der Waals surface area contributed by atoms with Crippen molar-refractivity contribution >= 4 is 5.69 Å². The van der Waals surface area contributed by atoms with Gasteiger partial charge in [-0.2, -0.15) is 0 Å². The number of benzene rings is 1. The van der Waals surface area contributed by atoms with E-state index >= 15 is 0 Å². The van der Waals surface area contributed by atoms with Crippen molar-refractivity contribution in [1.29, 1.82) is 0 Å². The largest absolute Gasteiger partial charge is 0.383 e. The number of methoxy groups -OCH3 is 1. The van der Waals surface area contributed by atoms with Crippen molar-refractivity contribution in [2.75, 3.05) is 32.2 Å². The third-order valence-electron chi connectivity index (χ3n) is 3.93. The van der Waals surface area contributed by atoms with Crippen LogP contribution >= 0.6 is 0 Å². The van der Waals surface area contributed by atoms with Crippen molar-refractivity contribution in [3.63, 3.8) is 0 Å². The van der Waals surface area contributed by atoms with Gasteiger partial charge in [-0.1, -0.05) is 26.0 Å². The van der Waals surface area contributed by atoms with Gasteiger partial charge in [0.2, 0.25) is 0 Å². The smallest absolute Gasteiger partial charge is 0.0587 e. The zero-order valence-corrected chi connectivity index (χ0v) is 14.6. The molecule has 0 fully saturated rings. The van der Waals surface area contributed by atoms with E-state index in [-0.39, 0.29) is 0 Å². The maximum atomic E-state index is 5.04. The Balaban J connectivity index is 2.64. The number of nitrogens with zero attached hydrogens (tertiary/aromatic N) is 1. The van der Waals surface area contributed by atoms with Crippen molar-refractivity contribution in [3.8, 4) is 0 Å². The van der Waals surface area contributed by atoms with E-state index in [1.165, 1.54) is 23.2 Å². The summed E-state index contributed by atoms with van der Waals surface area (Å²) in [6.07, 6.45) is 1.22. The van der Waals surface area contributed by atoms with E-state index in [1.54, 1.807) is 7.11 Å². The predicted octanol–water partition coefficient (Wildman–Crippen LogP) is 3.60. The molecule has 0 saturated heterocycles. The number of hydrogen-bond donors (Lipinski definition) is 1. The van der Waals surface area contributed by atoms with Crippen molar-refractivity contribution < 1.29 is 4.74 Å². The molecule has 0 spiro atoms. The van der Waals surface area contributed by atoms with Crippen LogP contribution in [0.1, 0.15) is 38.3 Å². The van der Waals surface area contributed by atoms with Gasteiger partial charge >= 0.3 is 0 Å². The second-order valence-corrected chi connectivity index (χ2v) is 6.38. The molecule has 3 nitrogen and oxygen atoms in total. The van der Waals surface area contributed by atoms with Crippen molar-refractivity contribution in [3.05, 3.63) is 29.3 Å². The van der Waals surface area contributed by atoms with Gasteiger partial charge in [-0.15, -0.1) is 0 Å². The molecule has 3 heteroatoms. The highest BCUT2D eigenvalue weighted by Gasteiger charge is 2.13. The van der Waals surface area contributed by atoms with E-state index in [0.717, 1.165) is 25.6 Å². The monoisotopic (exact) mass is 292 g/mol. The minimum Gasteiger partial charge on any atom is -0.383 e. The number of hydrogen-bond acceptors (Lipinski definition) is 3. The molecular weight excluding hydrogens is 260 g/mol. The number of rotatable bonds is 9. The second-order valence-electron chi connectivity index (χ2n) is 6.38. The van der Waals surface area contributed by atoms with Crippen LogP contribution in [0.25, 0.3) is 0 Å². The molecule has 0 aliphatic rings. The molecule has 1 atom stereocenters. The van der Waals surface area contributed by atoms with Crippen LogP contribution in [0.15, 0.2) is 18.2 Å². The summed E-state index contributed by atoms with van der Waals surface area (Å²) in [5.74, 6) is 0.729. The Morgan fingerprint density at radius 2 is 1.95 bits per heavy atom. The molecule has 1 unspecified atom stereocenters. The van der Waals surface area contributed by atoms with Crippen LogP contribution in [0.2, 0.25) is 0 Å². The Morgan fingerprint density at radius 1 is 1.24 bits per heavy atom. The standard InChI is InChI=1S/C18H32N2O/c1-14(2)11-16(4)20(5)18-8-7-17(12-15(18)3)13-19-9-10-21-6/h7-8,12,14,16,19H,9-11,13H2,1-6H3. The second kappa shape index (κ2) is 9.06. The third-order valence-corrected chi connectivity index (χ3v) is 3.93. The Morgan fingerprint density at radius 3 is 2.52 bits per heavy atom. The van der Waals surface area contributed by atoms with Crippen molar-refractivity contribution in [1.82, 2.24) is 5.32 Å². The average molecular weight is 292 g/mol. The molecule has 0 amide bonds. The van der Waals surface area contributed by atoms with Gasteiger partial charge < -0.3 is 15.0 Å². The SMILES string of the molecule is COCCNCc1ccc(N(C)C(C)CC(C)C)c(C)c1. The lowest BCUT2D eigenvalue weighted by Gasteiger charge is -2.30. The first kappa shape index (κ1) is 18.0. The van der Waals surface area contributed by atoms with Crippen LogP contribution in [0, 0.1) is 12.8 Å². The van der Waals surface area contributed by atoms with Gasteiger partial charge in [-0.25, -0.2) is 0 Å². The van der Waals surface area contributed by atoms with E-state index in [1.807, 2.05) is 0 Å². The molecule has 0 radical (unpaired) electrons. The van der Waals surface area contributed by atoms with Gasteiger partial charge in [0.25, 0.3) is 0 Å². The molecule has 120 valence electrons. The Bertz CT molecular complexity index is 418. The topological polar surface area (TPSA) is 24.5 Å². The van der Waals surface area contributed by atoms with Gasteiger partial charge in [0.1, 0.15) is 0 Å². The number of ether oxygens (including phenoxy) is 1. The summed E-state index contributed by atoms with van der Waals surface area (Å²) in [6, 6.07) is 7.32. The summed E-state index contributed by atoms with van der Waals surface area (Å²) in [5.41, 5.74) is 4.01. The van der Waals surface area contributed by atoms with Crippen LogP contribution in [0.4, 0.5) is 5.69 Å². The normalized spacial score (nSPS) is 12.7. The highest BCUT2D eigenvalue weighted by molar-refractivity contribution is 5.54. The summed E-state index contributed by atoms with van der Waals surface area (Å²) in [6.45, 7) is 11.6. The zero-order chi connectivity index (χ0) is 15.8. The van der Waals surface area contributed by atoms with Crippen LogP contribution in [-0.2, 0) is 11.3 Å². The summed E-state index contributed by atoms with van der Waals surface area (Å²) in [4.78, 5) is 2.40. The lowest BCUT2D eigenvalue weighted by atomic mass is 10.0. The Labute approximate surface area is 130 Å². The summed E-state index contributed by atoms with van der Waals surface area (Å²) < 4.78 is 5.04. The van der Waals surface area contributed by atoms with Gasteiger partial charge in [0, 0.05) is 39.0 Å². The highest BCUT2D eigenvalue weighted by atomic mass is 16.5. The first-order valence-corrected chi connectivity index (χ1v) is 7.97. The van der Waals surface area contributed by atoms with Crippen LogP contribution in [-0.4, -0.2) is 33.4 Å². The van der Waals surface area contributed by atoms with E-state index in [4.69, 9.17) is 4.74 Å². The molecule has 1 aromatic carbocycles. The minimum atomic E-state index is 0.564. The maximum absolute atomic E-state index is 5.04. The maximum Gasteiger partial charge on any atom is 0.0587 e. The minimum absolute atomic E-state index is 0.564. The molecule has 0 aromatic heterocycles. The van der Waals surface area contributed by atoms with E-state index < -0.39 is 0 Å². The fraction of sp³-hybridized carbons (Fsp3) is 0.667. The first-order valence-electron chi connectivity index (χ1n) is 7.97. The van der Waals surface area contributed by atoms with E-state index in [9.17, 15) is 0 Å². The molecule has 0 aliphatic heterocycles. The van der Waals surface area contributed by atoms with E-state index in [0.29, 0.717) is 6.04 Å². The van der Waals surface area contributed by atoms with Crippen LogP contribution in [0.5, 0.6) is 0 Å². The fourth-order valence-corrected chi connectivity index (χ4v) is 2.71.